The molecule has 0 radical (unpaired) electrons. The Balaban J connectivity index is 2.10. The Kier molecular flexibility index (Phi) is 5.03. The number of carbonyl (C=O) groups excluding carboxylic acids is 2. The van der Waals surface area contributed by atoms with Crippen molar-refractivity contribution in [3.05, 3.63) is 48.0 Å². The van der Waals surface area contributed by atoms with E-state index in [2.05, 4.69) is 10.6 Å². The van der Waals surface area contributed by atoms with Crippen LogP contribution in [0, 0.1) is 0 Å². The largest absolute Gasteiger partial charge is 0.497 e. The first kappa shape index (κ1) is 16.2. The molecule has 0 spiro atoms. The van der Waals surface area contributed by atoms with Gasteiger partial charge in [-0.2, -0.15) is 0 Å². The Morgan fingerprint density at radius 1 is 0.913 bits per heavy atom. The molecule has 23 heavy (non-hydrogen) atoms. The average molecular weight is 315 g/mol. The molecule has 2 aromatic carbocycles. The van der Waals surface area contributed by atoms with Crippen molar-refractivity contribution in [2.45, 2.75) is 0 Å². The maximum absolute atomic E-state index is 12.0. The van der Waals surface area contributed by atoms with Crippen LogP contribution in [0.25, 0.3) is 0 Å². The quantitative estimate of drug-likeness (QED) is 0.788. The van der Waals surface area contributed by atoms with Crippen LogP contribution in [0.2, 0.25) is 0 Å². The number of methoxy groups -OCH3 is 2. The number of primary amides is 1. The highest BCUT2D eigenvalue weighted by Crippen LogP contribution is 2.25. The molecule has 0 aromatic heterocycles. The van der Waals surface area contributed by atoms with Gasteiger partial charge in [0.25, 0.3) is 0 Å². The first-order valence-corrected chi connectivity index (χ1v) is 6.73. The van der Waals surface area contributed by atoms with E-state index in [1.165, 1.54) is 20.3 Å². The monoisotopic (exact) mass is 315 g/mol. The van der Waals surface area contributed by atoms with Crippen molar-refractivity contribution < 1.29 is 19.1 Å². The van der Waals surface area contributed by atoms with Crippen molar-refractivity contribution in [3.63, 3.8) is 0 Å². The van der Waals surface area contributed by atoms with Gasteiger partial charge in [-0.3, -0.25) is 4.79 Å². The zero-order valence-electron chi connectivity index (χ0n) is 12.8. The molecule has 0 aliphatic heterocycles. The molecule has 0 saturated heterocycles. The summed E-state index contributed by atoms with van der Waals surface area (Å²) in [6, 6.07) is 10.9. The van der Waals surface area contributed by atoms with Crippen molar-refractivity contribution in [3.8, 4) is 11.5 Å². The molecular weight excluding hydrogens is 298 g/mol. The van der Waals surface area contributed by atoms with E-state index >= 15 is 0 Å². The second-order valence-electron chi connectivity index (χ2n) is 4.63. The summed E-state index contributed by atoms with van der Waals surface area (Å²) in [4.78, 5) is 23.2. The lowest BCUT2D eigenvalue weighted by Gasteiger charge is -2.11. The van der Waals surface area contributed by atoms with Gasteiger partial charge in [0, 0.05) is 35.1 Å². The molecule has 0 atom stereocenters. The minimum atomic E-state index is -0.563. The molecule has 0 bridgehead atoms. The van der Waals surface area contributed by atoms with Crippen LogP contribution in [-0.4, -0.2) is 26.2 Å². The molecule has 3 amide bonds. The van der Waals surface area contributed by atoms with E-state index in [4.69, 9.17) is 15.2 Å². The van der Waals surface area contributed by atoms with Gasteiger partial charge in [-0.05, 0) is 18.2 Å². The van der Waals surface area contributed by atoms with E-state index in [1.807, 2.05) is 0 Å². The Morgan fingerprint density at radius 3 is 2.09 bits per heavy atom. The maximum Gasteiger partial charge on any atom is 0.323 e. The molecular formula is C16H17N3O4. The van der Waals surface area contributed by atoms with Gasteiger partial charge in [0.05, 0.1) is 14.2 Å². The zero-order valence-corrected chi connectivity index (χ0v) is 12.8. The molecule has 0 aliphatic rings. The number of hydrogen-bond donors (Lipinski definition) is 3. The minimum absolute atomic E-state index is 0.311. The molecule has 4 N–H and O–H groups in total. The highest BCUT2D eigenvalue weighted by atomic mass is 16.5. The molecule has 0 heterocycles. The fraction of sp³-hybridized carbons (Fsp3) is 0.125. The number of rotatable bonds is 5. The second kappa shape index (κ2) is 7.17. The molecule has 0 fully saturated rings. The Hall–Kier alpha value is -3.22. The van der Waals surface area contributed by atoms with Crippen LogP contribution in [0.3, 0.4) is 0 Å². The van der Waals surface area contributed by atoms with Crippen molar-refractivity contribution in [1.29, 1.82) is 0 Å². The molecule has 2 rings (SSSR count). The first-order valence-electron chi connectivity index (χ1n) is 6.73. The van der Waals surface area contributed by atoms with Gasteiger partial charge in [-0.1, -0.05) is 6.07 Å². The lowest BCUT2D eigenvalue weighted by Crippen LogP contribution is -2.20. The molecule has 0 unspecified atom stereocenters. The summed E-state index contributed by atoms with van der Waals surface area (Å²) in [5.41, 5.74) is 6.47. The van der Waals surface area contributed by atoms with Gasteiger partial charge in [0.2, 0.25) is 5.91 Å². The molecule has 2 aromatic rings. The predicted molar refractivity (Wildman–Crippen MR) is 87.1 cm³/mol. The van der Waals surface area contributed by atoms with E-state index in [9.17, 15) is 9.59 Å². The fourth-order valence-electron chi connectivity index (χ4n) is 1.92. The third-order valence-corrected chi connectivity index (χ3v) is 3.01. The van der Waals surface area contributed by atoms with Crippen LogP contribution >= 0.6 is 0 Å². The van der Waals surface area contributed by atoms with Crippen molar-refractivity contribution in [1.82, 2.24) is 0 Å². The summed E-state index contributed by atoms with van der Waals surface area (Å²) < 4.78 is 10.3. The standard InChI is InChI=1S/C16H17N3O4/c1-22-13-7-12(8-14(9-13)23-2)19-16(21)18-11-5-3-4-10(6-11)15(17)20/h3-9H,1-2H3,(H2,17,20)(H2,18,19,21). The summed E-state index contributed by atoms with van der Waals surface area (Å²) >= 11 is 0. The summed E-state index contributed by atoms with van der Waals surface area (Å²) in [6.45, 7) is 0. The van der Waals surface area contributed by atoms with Gasteiger partial charge < -0.3 is 25.8 Å². The van der Waals surface area contributed by atoms with E-state index in [1.54, 1.807) is 36.4 Å². The fourth-order valence-corrected chi connectivity index (χ4v) is 1.92. The third kappa shape index (κ3) is 4.37. The Morgan fingerprint density at radius 2 is 1.52 bits per heavy atom. The number of nitrogens with two attached hydrogens (primary N) is 1. The van der Waals surface area contributed by atoms with Crippen LogP contribution in [0.4, 0.5) is 16.2 Å². The Bertz CT molecular complexity index is 709. The maximum atomic E-state index is 12.0. The molecule has 0 saturated carbocycles. The van der Waals surface area contributed by atoms with E-state index in [-0.39, 0.29) is 0 Å². The van der Waals surface area contributed by atoms with Crippen LogP contribution in [0.5, 0.6) is 11.5 Å². The number of anilines is 2. The minimum Gasteiger partial charge on any atom is -0.497 e. The van der Waals surface area contributed by atoms with Crippen molar-refractivity contribution >= 4 is 23.3 Å². The number of benzene rings is 2. The summed E-state index contributed by atoms with van der Waals surface area (Å²) in [5.74, 6) is 0.539. The Labute approximate surface area is 133 Å². The number of ether oxygens (including phenoxy) is 2. The smallest absolute Gasteiger partial charge is 0.323 e. The average Bonchev–Trinajstić information content (AvgIpc) is 2.54. The molecule has 7 nitrogen and oxygen atoms in total. The van der Waals surface area contributed by atoms with E-state index < -0.39 is 11.9 Å². The van der Waals surface area contributed by atoms with Gasteiger partial charge in [0.15, 0.2) is 0 Å². The topological polar surface area (TPSA) is 103 Å². The second-order valence-corrected chi connectivity index (χ2v) is 4.63. The summed E-state index contributed by atoms with van der Waals surface area (Å²) in [6.07, 6.45) is 0. The molecule has 7 heteroatoms. The summed E-state index contributed by atoms with van der Waals surface area (Å²) in [5, 5.41) is 5.28. The number of amides is 3. The molecule has 120 valence electrons. The van der Waals surface area contributed by atoms with Crippen LogP contribution in [0.1, 0.15) is 10.4 Å². The normalized spacial score (nSPS) is 9.83. The van der Waals surface area contributed by atoms with Gasteiger partial charge in [-0.15, -0.1) is 0 Å². The third-order valence-electron chi connectivity index (χ3n) is 3.01. The highest BCUT2D eigenvalue weighted by molar-refractivity contribution is 6.01. The predicted octanol–water partition coefficient (Wildman–Crippen LogP) is 2.45. The van der Waals surface area contributed by atoms with Crippen LogP contribution in [0.15, 0.2) is 42.5 Å². The first-order chi connectivity index (χ1) is 11.0. The number of urea groups is 1. The summed E-state index contributed by atoms with van der Waals surface area (Å²) in [7, 11) is 3.04. The van der Waals surface area contributed by atoms with Crippen LogP contribution < -0.4 is 25.8 Å². The van der Waals surface area contributed by atoms with Crippen molar-refractivity contribution in [2.24, 2.45) is 5.73 Å². The lowest BCUT2D eigenvalue weighted by molar-refractivity contribution is 0.100. The SMILES string of the molecule is COc1cc(NC(=O)Nc2cccc(C(N)=O)c2)cc(OC)c1. The number of carbonyl (C=O) groups is 2. The van der Waals surface area contributed by atoms with Gasteiger partial charge >= 0.3 is 6.03 Å². The van der Waals surface area contributed by atoms with E-state index in [0.29, 0.717) is 28.4 Å². The highest BCUT2D eigenvalue weighted by Gasteiger charge is 2.08. The number of hydrogen-bond acceptors (Lipinski definition) is 4. The lowest BCUT2D eigenvalue weighted by atomic mass is 10.2. The van der Waals surface area contributed by atoms with Gasteiger partial charge in [-0.25, -0.2) is 4.79 Å². The van der Waals surface area contributed by atoms with Crippen molar-refractivity contribution in [2.75, 3.05) is 24.9 Å². The van der Waals surface area contributed by atoms with Crippen LogP contribution in [-0.2, 0) is 0 Å². The number of nitrogens with one attached hydrogen (secondary N) is 2. The van der Waals surface area contributed by atoms with Gasteiger partial charge in [0.1, 0.15) is 11.5 Å². The molecule has 0 aliphatic carbocycles. The van der Waals surface area contributed by atoms with E-state index in [0.717, 1.165) is 0 Å². The zero-order chi connectivity index (χ0) is 16.8.